The molecule has 3 nitrogen and oxygen atoms in total. The van der Waals surface area contributed by atoms with Crippen LogP contribution in [0.4, 0.5) is 0 Å². The van der Waals surface area contributed by atoms with Crippen molar-refractivity contribution in [1.82, 2.24) is 4.90 Å². The number of nitrogens with two attached hydrogens (primary N) is 1. The highest BCUT2D eigenvalue weighted by atomic mass is 79.9. The van der Waals surface area contributed by atoms with Gasteiger partial charge >= 0.3 is 0 Å². The lowest BCUT2D eigenvalue weighted by Crippen LogP contribution is -2.56. The lowest BCUT2D eigenvalue weighted by atomic mass is 9.86. The quantitative estimate of drug-likeness (QED) is 0.770. The minimum Gasteiger partial charge on any atom is -0.329 e. The fraction of sp³-hybridized carbons (Fsp3) is 0.533. The third-order valence-corrected chi connectivity index (χ3v) is 5.53. The summed E-state index contributed by atoms with van der Waals surface area (Å²) in [5.41, 5.74) is 7.17. The molecule has 1 fully saturated rings. The molecular formula is C15H20Br2N2O. The van der Waals surface area contributed by atoms with Crippen LogP contribution >= 0.6 is 31.9 Å². The normalized spacial score (nSPS) is 24.1. The van der Waals surface area contributed by atoms with E-state index >= 15 is 0 Å². The highest BCUT2D eigenvalue weighted by molar-refractivity contribution is 9.13. The van der Waals surface area contributed by atoms with Crippen molar-refractivity contribution in [2.75, 3.05) is 0 Å². The van der Waals surface area contributed by atoms with Crippen molar-refractivity contribution in [2.24, 2.45) is 5.73 Å². The molecule has 2 N–H and O–H groups in total. The minimum absolute atomic E-state index is 0.0278. The fourth-order valence-corrected chi connectivity index (χ4v) is 3.44. The van der Waals surface area contributed by atoms with Crippen LogP contribution in [-0.2, 0) is 4.79 Å². The van der Waals surface area contributed by atoms with E-state index < -0.39 is 0 Å². The highest BCUT2D eigenvalue weighted by Gasteiger charge is 2.40. The number of hydrogen-bond acceptors (Lipinski definition) is 2. The molecule has 2 rings (SSSR count). The van der Waals surface area contributed by atoms with Crippen molar-refractivity contribution < 1.29 is 4.79 Å². The third-order valence-electron chi connectivity index (χ3n) is 3.65. The highest BCUT2D eigenvalue weighted by Crippen LogP contribution is 2.38. The van der Waals surface area contributed by atoms with E-state index in [2.05, 4.69) is 52.6 Å². The average molecular weight is 404 g/mol. The molecule has 110 valence electrons. The van der Waals surface area contributed by atoms with E-state index in [4.69, 9.17) is 5.73 Å². The van der Waals surface area contributed by atoms with Crippen LogP contribution in [-0.4, -0.2) is 22.4 Å². The first-order chi connectivity index (χ1) is 9.21. The Morgan fingerprint density at radius 1 is 1.25 bits per heavy atom. The fourth-order valence-electron chi connectivity index (χ4n) is 2.80. The predicted molar refractivity (Wildman–Crippen MR) is 88.4 cm³/mol. The van der Waals surface area contributed by atoms with Crippen molar-refractivity contribution in [3.8, 4) is 0 Å². The smallest absolute Gasteiger partial charge is 0.223 e. The zero-order valence-corrected chi connectivity index (χ0v) is 15.2. The number of amides is 1. The van der Waals surface area contributed by atoms with E-state index in [1.807, 2.05) is 23.1 Å². The molecule has 2 unspecified atom stereocenters. The molecule has 1 saturated heterocycles. The maximum Gasteiger partial charge on any atom is 0.223 e. The van der Waals surface area contributed by atoms with Gasteiger partial charge in [-0.1, -0.05) is 6.07 Å². The zero-order chi connectivity index (χ0) is 15.1. The molecule has 20 heavy (non-hydrogen) atoms. The maximum atomic E-state index is 12.4. The molecule has 1 aliphatic rings. The van der Waals surface area contributed by atoms with Gasteiger partial charge in [-0.3, -0.25) is 4.79 Å². The molecular weight excluding hydrogens is 384 g/mol. The van der Waals surface area contributed by atoms with Crippen LogP contribution < -0.4 is 5.73 Å². The van der Waals surface area contributed by atoms with Gasteiger partial charge in [0.15, 0.2) is 0 Å². The van der Waals surface area contributed by atoms with Gasteiger partial charge in [-0.2, -0.15) is 0 Å². The van der Waals surface area contributed by atoms with E-state index in [1.54, 1.807) is 0 Å². The van der Waals surface area contributed by atoms with Gasteiger partial charge in [-0.15, -0.1) is 0 Å². The second-order valence-corrected chi connectivity index (χ2v) is 7.96. The van der Waals surface area contributed by atoms with E-state index in [0.717, 1.165) is 20.9 Å². The summed E-state index contributed by atoms with van der Waals surface area (Å²) >= 11 is 7.00. The predicted octanol–water partition coefficient (Wildman–Crippen LogP) is 4.00. The molecule has 1 heterocycles. The number of likely N-dealkylation sites (tertiary alicyclic amines) is 1. The SMILES string of the molecule is CC(C)(C)N1C(=O)CCC(N)C1c1ccc(Br)c(Br)c1. The summed E-state index contributed by atoms with van der Waals surface area (Å²) in [7, 11) is 0. The largest absolute Gasteiger partial charge is 0.329 e. The summed E-state index contributed by atoms with van der Waals surface area (Å²) in [6.07, 6.45) is 1.27. The zero-order valence-electron chi connectivity index (χ0n) is 12.0. The molecule has 1 amide bonds. The van der Waals surface area contributed by atoms with Gasteiger partial charge in [0.25, 0.3) is 0 Å². The molecule has 0 bridgehead atoms. The molecule has 0 aromatic heterocycles. The lowest BCUT2D eigenvalue weighted by molar-refractivity contribution is -0.144. The molecule has 1 aromatic rings. The van der Waals surface area contributed by atoms with Crippen LogP contribution in [0.5, 0.6) is 0 Å². The topological polar surface area (TPSA) is 46.3 Å². The minimum atomic E-state index is -0.237. The van der Waals surface area contributed by atoms with Crippen molar-refractivity contribution in [2.45, 2.75) is 51.2 Å². The number of carbonyl (C=O) groups excluding carboxylic acids is 1. The summed E-state index contributed by atoms with van der Waals surface area (Å²) in [6.45, 7) is 6.18. The van der Waals surface area contributed by atoms with E-state index in [0.29, 0.717) is 6.42 Å². The molecule has 0 radical (unpaired) electrons. The molecule has 1 aromatic carbocycles. The Hall–Kier alpha value is -0.390. The second kappa shape index (κ2) is 5.78. The Kier molecular flexibility index (Phi) is 4.62. The van der Waals surface area contributed by atoms with Crippen LogP contribution in [0.2, 0.25) is 0 Å². The Bertz CT molecular complexity index is 525. The van der Waals surface area contributed by atoms with Crippen molar-refractivity contribution in [1.29, 1.82) is 0 Å². The Morgan fingerprint density at radius 2 is 1.90 bits per heavy atom. The Morgan fingerprint density at radius 3 is 2.45 bits per heavy atom. The number of benzene rings is 1. The van der Waals surface area contributed by atoms with Gasteiger partial charge in [0.05, 0.1) is 6.04 Å². The first kappa shape index (κ1) is 16.0. The summed E-state index contributed by atoms with van der Waals surface area (Å²) in [5.74, 6) is 0.184. The van der Waals surface area contributed by atoms with Gasteiger partial charge < -0.3 is 10.6 Å². The van der Waals surface area contributed by atoms with Crippen molar-refractivity contribution in [3.05, 3.63) is 32.7 Å². The number of piperidine rings is 1. The third kappa shape index (κ3) is 3.10. The molecule has 0 aliphatic carbocycles. The van der Waals surface area contributed by atoms with Crippen LogP contribution in [0.1, 0.15) is 45.2 Å². The number of hydrogen-bond donors (Lipinski definition) is 1. The van der Waals surface area contributed by atoms with Crippen LogP contribution in [0.15, 0.2) is 27.1 Å². The second-order valence-electron chi connectivity index (χ2n) is 6.26. The standard InChI is InChI=1S/C15H20Br2N2O/c1-15(2,3)19-13(20)7-6-12(18)14(19)9-4-5-10(16)11(17)8-9/h4-5,8,12,14H,6-7,18H2,1-3H3. The molecule has 0 saturated carbocycles. The summed E-state index contributed by atoms with van der Waals surface area (Å²) in [4.78, 5) is 14.3. The number of rotatable bonds is 1. The first-order valence-electron chi connectivity index (χ1n) is 6.74. The van der Waals surface area contributed by atoms with Crippen molar-refractivity contribution in [3.63, 3.8) is 0 Å². The van der Waals surface area contributed by atoms with Gasteiger partial charge in [-0.05, 0) is 76.7 Å². The van der Waals surface area contributed by atoms with Crippen LogP contribution in [0.25, 0.3) is 0 Å². The van der Waals surface area contributed by atoms with Crippen molar-refractivity contribution >= 4 is 37.8 Å². The van der Waals surface area contributed by atoms with E-state index in [-0.39, 0.29) is 23.5 Å². The Balaban J connectivity index is 2.47. The molecule has 2 atom stereocenters. The lowest BCUT2D eigenvalue weighted by Gasteiger charge is -2.47. The maximum absolute atomic E-state index is 12.4. The van der Waals surface area contributed by atoms with E-state index in [1.165, 1.54) is 0 Å². The number of nitrogens with zero attached hydrogens (tertiary/aromatic N) is 1. The number of halogens is 2. The van der Waals surface area contributed by atoms with Gasteiger partial charge in [0, 0.05) is 26.9 Å². The molecule has 1 aliphatic heterocycles. The van der Waals surface area contributed by atoms with E-state index in [9.17, 15) is 4.79 Å². The Labute approximate surface area is 137 Å². The summed E-state index contributed by atoms with van der Waals surface area (Å²) in [6, 6.07) is 5.98. The van der Waals surface area contributed by atoms with Gasteiger partial charge in [0.2, 0.25) is 5.91 Å². The first-order valence-corrected chi connectivity index (χ1v) is 8.33. The average Bonchev–Trinajstić information content (AvgIpc) is 2.34. The molecule has 5 heteroatoms. The van der Waals surface area contributed by atoms with Crippen LogP contribution in [0, 0.1) is 0 Å². The monoisotopic (exact) mass is 402 g/mol. The van der Waals surface area contributed by atoms with Crippen LogP contribution in [0.3, 0.4) is 0 Å². The number of carbonyl (C=O) groups is 1. The van der Waals surface area contributed by atoms with Gasteiger partial charge in [0.1, 0.15) is 0 Å². The summed E-state index contributed by atoms with van der Waals surface area (Å²) in [5, 5.41) is 0. The molecule has 0 spiro atoms. The summed E-state index contributed by atoms with van der Waals surface area (Å²) < 4.78 is 1.98. The van der Waals surface area contributed by atoms with Gasteiger partial charge in [-0.25, -0.2) is 0 Å².